The Morgan fingerprint density at radius 2 is 1.55 bits per heavy atom. The van der Waals surface area contributed by atoms with E-state index in [4.69, 9.17) is 14.2 Å². The first-order valence-electron chi connectivity index (χ1n) is 8.54. The predicted molar refractivity (Wildman–Crippen MR) is 100 cm³/mol. The van der Waals surface area contributed by atoms with E-state index in [9.17, 15) is 18.4 Å². The van der Waals surface area contributed by atoms with Gasteiger partial charge in [0, 0.05) is 0 Å². The summed E-state index contributed by atoms with van der Waals surface area (Å²) in [5, 5.41) is 9.37. The van der Waals surface area contributed by atoms with E-state index >= 15 is 0 Å². The van der Waals surface area contributed by atoms with Gasteiger partial charge in [-0.15, -0.1) is 0 Å². The zero-order valence-corrected chi connectivity index (χ0v) is 15.4. The molecular weight excluding hydrogens is 383 g/mol. The predicted octanol–water partition coefficient (Wildman–Crippen LogP) is 5.96. The lowest BCUT2D eigenvalue weighted by Crippen LogP contribution is -2.04. The van der Waals surface area contributed by atoms with Crippen LogP contribution in [0.25, 0.3) is 0 Å². The van der Waals surface area contributed by atoms with Crippen LogP contribution in [-0.4, -0.2) is 7.11 Å². The highest BCUT2D eigenvalue weighted by atomic mass is 19.4. The molecule has 0 atom stereocenters. The van der Waals surface area contributed by atoms with Gasteiger partial charge < -0.3 is 14.2 Å². The Kier molecular flexibility index (Phi) is 5.93. The normalized spacial score (nSPS) is 10.9. The van der Waals surface area contributed by atoms with Gasteiger partial charge in [0.05, 0.1) is 18.2 Å². The van der Waals surface area contributed by atoms with Crippen LogP contribution < -0.4 is 14.2 Å². The smallest absolute Gasteiger partial charge is 0.416 e. The lowest BCUT2D eigenvalue weighted by Gasteiger charge is -2.14. The molecule has 0 aliphatic rings. The van der Waals surface area contributed by atoms with Crippen molar-refractivity contribution in [2.45, 2.75) is 12.8 Å². The summed E-state index contributed by atoms with van der Waals surface area (Å²) in [7, 11) is 1.57. The molecule has 3 rings (SSSR count). The van der Waals surface area contributed by atoms with Crippen LogP contribution in [0.3, 0.4) is 0 Å². The van der Waals surface area contributed by atoms with Crippen LogP contribution >= 0.6 is 0 Å². The summed E-state index contributed by atoms with van der Waals surface area (Å²) in [5.41, 5.74) is 0.292. The number of hydrogen-bond acceptors (Lipinski definition) is 4. The molecule has 3 aromatic rings. The topological polar surface area (TPSA) is 51.5 Å². The first kappa shape index (κ1) is 20.1. The Hall–Kier alpha value is -3.66. The Morgan fingerprint density at radius 3 is 2.14 bits per heavy atom. The summed E-state index contributed by atoms with van der Waals surface area (Å²) in [6, 6.07) is 18.3. The maximum Gasteiger partial charge on any atom is 0.416 e. The van der Waals surface area contributed by atoms with E-state index in [1.165, 1.54) is 12.1 Å². The molecule has 3 aromatic carbocycles. The maximum atomic E-state index is 12.7. The van der Waals surface area contributed by atoms with Gasteiger partial charge in [-0.05, 0) is 54.1 Å². The van der Waals surface area contributed by atoms with Crippen molar-refractivity contribution in [2.75, 3.05) is 7.11 Å². The zero-order valence-electron chi connectivity index (χ0n) is 15.4. The minimum absolute atomic E-state index is 0.142. The number of methoxy groups -OCH3 is 1. The zero-order chi connectivity index (χ0) is 20.9. The van der Waals surface area contributed by atoms with E-state index in [2.05, 4.69) is 0 Å². The van der Waals surface area contributed by atoms with E-state index in [0.29, 0.717) is 11.5 Å². The molecule has 0 aromatic heterocycles. The molecule has 0 radical (unpaired) electrons. The van der Waals surface area contributed by atoms with Crippen LogP contribution in [0.4, 0.5) is 13.2 Å². The first-order chi connectivity index (χ1) is 13.9. The molecule has 0 aliphatic heterocycles. The second-order valence-electron chi connectivity index (χ2n) is 6.01. The van der Waals surface area contributed by atoms with E-state index in [0.717, 1.165) is 17.7 Å². The average Bonchev–Trinajstić information content (AvgIpc) is 2.73. The molecule has 7 heteroatoms. The van der Waals surface area contributed by atoms with Crippen LogP contribution in [0, 0.1) is 11.3 Å². The molecular formula is C22H16F3NO3. The quantitative estimate of drug-likeness (QED) is 0.513. The number of para-hydroxylation sites is 1. The van der Waals surface area contributed by atoms with Crippen molar-refractivity contribution in [3.8, 4) is 29.1 Å². The van der Waals surface area contributed by atoms with Gasteiger partial charge in [0.1, 0.15) is 24.2 Å². The number of nitriles is 1. The van der Waals surface area contributed by atoms with Gasteiger partial charge >= 0.3 is 6.18 Å². The molecule has 4 nitrogen and oxygen atoms in total. The van der Waals surface area contributed by atoms with Gasteiger partial charge in [0.25, 0.3) is 0 Å². The molecule has 0 N–H and O–H groups in total. The minimum Gasteiger partial charge on any atom is -0.497 e. The first-order valence-corrected chi connectivity index (χ1v) is 8.54. The summed E-state index contributed by atoms with van der Waals surface area (Å²) in [6.07, 6.45) is -4.43. The largest absolute Gasteiger partial charge is 0.497 e. The summed E-state index contributed by atoms with van der Waals surface area (Å²) in [6.45, 7) is 0.211. The highest BCUT2D eigenvalue weighted by Crippen LogP contribution is 2.37. The third-order valence-electron chi connectivity index (χ3n) is 4.05. The van der Waals surface area contributed by atoms with E-state index < -0.39 is 11.7 Å². The SMILES string of the molecule is COc1ccc(COc2cccc(C#N)c2Oc2ccc(C(F)(F)F)cc2)cc1. The van der Waals surface area contributed by atoms with E-state index in [-0.39, 0.29) is 23.7 Å². The number of alkyl halides is 3. The van der Waals surface area contributed by atoms with Gasteiger partial charge in [0.2, 0.25) is 0 Å². The van der Waals surface area contributed by atoms with Crippen LogP contribution in [-0.2, 0) is 12.8 Å². The molecule has 0 saturated carbocycles. The number of rotatable bonds is 6. The van der Waals surface area contributed by atoms with Crippen molar-refractivity contribution in [2.24, 2.45) is 0 Å². The van der Waals surface area contributed by atoms with Crippen molar-refractivity contribution in [3.05, 3.63) is 83.4 Å². The second-order valence-corrected chi connectivity index (χ2v) is 6.01. The summed E-state index contributed by atoms with van der Waals surface area (Å²) in [4.78, 5) is 0. The van der Waals surface area contributed by atoms with Gasteiger partial charge in [-0.2, -0.15) is 18.4 Å². The lowest BCUT2D eigenvalue weighted by molar-refractivity contribution is -0.137. The molecule has 0 amide bonds. The molecule has 0 unspecified atom stereocenters. The molecule has 29 heavy (non-hydrogen) atoms. The monoisotopic (exact) mass is 399 g/mol. The number of halogens is 3. The number of ether oxygens (including phenoxy) is 3. The van der Waals surface area contributed by atoms with Crippen LogP contribution in [0.2, 0.25) is 0 Å². The molecule has 0 fully saturated rings. The second kappa shape index (κ2) is 8.57. The van der Waals surface area contributed by atoms with Crippen LogP contribution in [0.1, 0.15) is 16.7 Å². The summed E-state index contributed by atoms with van der Waals surface area (Å²) in [5.74, 6) is 1.32. The molecule has 0 aliphatic carbocycles. The van der Waals surface area contributed by atoms with Gasteiger partial charge in [0.15, 0.2) is 11.5 Å². The third-order valence-corrected chi connectivity index (χ3v) is 4.05. The van der Waals surface area contributed by atoms with E-state index in [1.54, 1.807) is 37.4 Å². The number of hydrogen-bond donors (Lipinski definition) is 0. The van der Waals surface area contributed by atoms with Crippen molar-refractivity contribution in [3.63, 3.8) is 0 Å². The molecule has 0 spiro atoms. The number of nitrogens with zero attached hydrogens (tertiary/aromatic N) is 1. The van der Waals surface area contributed by atoms with Crippen molar-refractivity contribution in [1.82, 2.24) is 0 Å². The summed E-state index contributed by atoms with van der Waals surface area (Å²) >= 11 is 0. The average molecular weight is 399 g/mol. The Morgan fingerprint density at radius 1 is 0.897 bits per heavy atom. The van der Waals surface area contributed by atoms with Crippen molar-refractivity contribution < 1.29 is 27.4 Å². The number of benzene rings is 3. The standard InChI is InChI=1S/C22H16F3NO3/c1-27-18-9-5-15(6-10-18)14-28-20-4-2-3-16(13-26)21(20)29-19-11-7-17(8-12-19)22(23,24)25/h2-12H,14H2,1H3. The Bertz CT molecular complexity index is 1010. The molecule has 148 valence electrons. The molecule has 0 bridgehead atoms. The molecule has 0 saturated heterocycles. The fourth-order valence-electron chi connectivity index (χ4n) is 2.54. The lowest BCUT2D eigenvalue weighted by atomic mass is 10.2. The maximum absolute atomic E-state index is 12.7. The van der Waals surface area contributed by atoms with Crippen LogP contribution in [0.15, 0.2) is 66.7 Å². The van der Waals surface area contributed by atoms with E-state index in [1.807, 2.05) is 18.2 Å². The fraction of sp³-hybridized carbons (Fsp3) is 0.136. The van der Waals surface area contributed by atoms with Crippen LogP contribution in [0.5, 0.6) is 23.0 Å². The Labute approximate surface area is 165 Å². The fourth-order valence-corrected chi connectivity index (χ4v) is 2.54. The highest BCUT2D eigenvalue weighted by Gasteiger charge is 2.30. The van der Waals surface area contributed by atoms with Crippen molar-refractivity contribution in [1.29, 1.82) is 5.26 Å². The van der Waals surface area contributed by atoms with Gasteiger partial charge in [-0.1, -0.05) is 18.2 Å². The minimum atomic E-state index is -4.43. The Balaban J connectivity index is 1.81. The third kappa shape index (κ3) is 4.99. The highest BCUT2D eigenvalue weighted by molar-refractivity contribution is 5.54. The summed E-state index contributed by atoms with van der Waals surface area (Å²) < 4.78 is 54.8. The molecule has 0 heterocycles. The van der Waals surface area contributed by atoms with Crippen molar-refractivity contribution >= 4 is 0 Å². The van der Waals surface area contributed by atoms with Gasteiger partial charge in [-0.3, -0.25) is 0 Å². The van der Waals surface area contributed by atoms with Gasteiger partial charge in [-0.25, -0.2) is 0 Å².